The summed E-state index contributed by atoms with van der Waals surface area (Å²) in [5.74, 6) is -1.16. The summed E-state index contributed by atoms with van der Waals surface area (Å²) < 4.78 is 5.08. The number of rotatable bonds is 7. The van der Waals surface area contributed by atoms with Crippen LogP contribution in [0.1, 0.15) is 31.9 Å². The van der Waals surface area contributed by atoms with Gasteiger partial charge in [-0.15, -0.1) is 0 Å². The molecule has 0 saturated heterocycles. The lowest BCUT2D eigenvalue weighted by Crippen LogP contribution is -2.44. The van der Waals surface area contributed by atoms with E-state index in [4.69, 9.17) is 14.8 Å². The SMILES string of the molecule is CC(C)(C)OC(=O)N[C@@H](Cc1cccc(CCB(O)O)c1)C(=O)O. The van der Waals surface area contributed by atoms with Crippen LogP contribution in [0.15, 0.2) is 24.3 Å². The normalized spacial score (nSPS) is 12.4. The number of hydrogen-bond donors (Lipinski definition) is 4. The quantitative estimate of drug-likeness (QED) is 0.556. The van der Waals surface area contributed by atoms with Gasteiger partial charge in [0, 0.05) is 6.42 Å². The van der Waals surface area contributed by atoms with E-state index < -0.39 is 30.8 Å². The van der Waals surface area contributed by atoms with E-state index in [0.29, 0.717) is 6.42 Å². The highest BCUT2D eigenvalue weighted by molar-refractivity contribution is 6.40. The van der Waals surface area contributed by atoms with Crippen LogP contribution >= 0.6 is 0 Å². The van der Waals surface area contributed by atoms with E-state index in [1.54, 1.807) is 39.0 Å². The van der Waals surface area contributed by atoms with Gasteiger partial charge in [0.2, 0.25) is 0 Å². The van der Waals surface area contributed by atoms with Gasteiger partial charge in [0.15, 0.2) is 0 Å². The van der Waals surface area contributed by atoms with Gasteiger partial charge >= 0.3 is 19.2 Å². The van der Waals surface area contributed by atoms with Crippen LogP contribution in [0.25, 0.3) is 0 Å². The zero-order chi connectivity index (χ0) is 18.3. The average Bonchev–Trinajstić information content (AvgIpc) is 2.42. The molecule has 0 aliphatic heterocycles. The predicted molar refractivity (Wildman–Crippen MR) is 89.6 cm³/mol. The highest BCUT2D eigenvalue weighted by atomic mass is 16.6. The number of benzene rings is 1. The van der Waals surface area contributed by atoms with Gasteiger partial charge in [-0.25, -0.2) is 9.59 Å². The summed E-state index contributed by atoms with van der Waals surface area (Å²) in [6.07, 6.45) is -0.0242. The number of carboxylic acids is 1. The van der Waals surface area contributed by atoms with E-state index in [1.165, 1.54) is 0 Å². The Labute approximate surface area is 141 Å². The molecule has 7 nitrogen and oxygen atoms in total. The van der Waals surface area contributed by atoms with E-state index in [-0.39, 0.29) is 12.7 Å². The molecule has 132 valence electrons. The minimum atomic E-state index is -1.38. The summed E-state index contributed by atoms with van der Waals surface area (Å²) in [6, 6.07) is 6.02. The summed E-state index contributed by atoms with van der Waals surface area (Å²) in [6.45, 7) is 5.09. The van der Waals surface area contributed by atoms with Crippen molar-refractivity contribution in [1.29, 1.82) is 0 Å². The Hall–Kier alpha value is -2.06. The third kappa shape index (κ3) is 7.98. The number of aryl methyl sites for hydroxylation is 1. The lowest BCUT2D eigenvalue weighted by molar-refractivity contribution is -0.139. The number of nitrogens with one attached hydrogen (secondary N) is 1. The van der Waals surface area contributed by atoms with E-state index in [9.17, 15) is 14.7 Å². The fourth-order valence-corrected chi connectivity index (χ4v) is 2.09. The van der Waals surface area contributed by atoms with Crippen molar-refractivity contribution in [2.75, 3.05) is 0 Å². The second kappa shape index (κ2) is 8.70. The Bertz CT molecular complexity index is 570. The Morgan fingerprint density at radius 3 is 2.42 bits per heavy atom. The maximum Gasteiger partial charge on any atom is 0.451 e. The van der Waals surface area contributed by atoms with Crippen LogP contribution in [0.5, 0.6) is 0 Å². The van der Waals surface area contributed by atoms with Gasteiger partial charge in [0.25, 0.3) is 0 Å². The van der Waals surface area contributed by atoms with Gasteiger partial charge in [-0.05, 0) is 44.6 Å². The van der Waals surface area contributed by atoms with Crippen molar-refractivity contribution in [3.8, 4) is 0 Å². The summed E-state index contributed by atoms with van der Waals surface area (Å²) in [5, 5.41) is 29.5. The molecule has 0 saturated carbocycles. The van der Waals surface area contributed by atoms with Crippen molar-refractivity contribution >= 4 is 19.2 Å². The Morgan fingerprint density at radius 1 is 1.25 bits per heavy atom. The third-order valence-corrected chi connectivity index (χ3v) is 3.11. The number of carbonyl (C=O) groups is 2. The topological polar surface area (TPSA) is 116 Å². The first-order valence-electron chi connectivity index (χ1n) is 7.73. The zero-order valence-corrected chi connectivity index (χ0v) is 14.2. The van der Waals surface area contributed by atoms with Crippen LogP contribution in [0.2, 0.25) is 6.32 Å². The van der Waals surface area contributed by atoms with Crippen LogP contribution in [0, 0.1) is 0 Å². The Kier molecular flexibility index (Phi) is 7.25. The van der Waals surface area contributed by atoms with Crippen molar-refractivity contribution in [3.63, 3.8) is 0 Å². The van der Waals surface area contributed by atoms with Crippen molar-refractivity contribution in [1.82, 2.24) is 5.32 Å². The minimum Gasteiger partial charge on any atom is -0.480 e. The van der Waals surface area contributed by atoms with Crippen LogP contribution in [-0.2, 0) is 22.4 Å². The fraction of sp³-hybridized carbons (Fsp3) is 0.500. The van der Waals surface area contributed by atoms with Crippen molar-refractivity contribution < 1.29 is 29.5 Å². The number of ether oxygens (including phenoxy) is 1. The summed E-state index contributed by atoms with van der Waals surface area (Å²) >= 11 is 0. The van der Waals surface area contributed by atoms with E-state index in [0.717, 1.165) is 11.1 Å². The first kappa shape index (κ1) is 20.0. The van der Waals surface area contributed by atoms with Crippen LogP contribution in [0.4, 0.5) is 4.79 Å². The monoisotopic (exact) mass is 337 g/mol. The molecule has 0 aliphatic carbocycles. The van der Waals surface area contributed by atoms with Gasteiger partial charge in [0.1, 0.15) is 11.6 Å². The molecule has 0 radical (unpaired) electrons. The van der Waals surface area contributed by atoms with Crippen LogP contribution in [0.3, 0.4) is 0 Å². The van der Waals surface area contributed by atoms with Crippen molar-refractivity contribution in [2.24, 2.45) is 0 Å². The lowest BCUT2D eigenvalue weighted by Gasteiger charge is -2.22. The fourth-order valence-electron chi connectivity index (χ4n) is 2.09. The highest BCUT2D eigenvalue weighted by Crippen LogP contribution is 2.12. The molecule has 0 bridgehead atoms. The smallest absolute Gasteiger partial charge is 0.451 e. The second-order valence-electron chi connectivity index (χ2n) is 6.58. The van der Waals surface area contributed by atoms with Gasteiger partial charge in [0.05, 0.1) is 0 Å². The maximum atomic E-state index is 11.8. The van der Waals surface area contributed by atoms with E-state index in [1.807, 2.05) is 6.07 Å². The molecule has 1 rings (SSSR count). The Balaban J connectivity index is 2.73. The van der Waals surface area contributed by atoms with Crippen LogP contribution in [-0.4, -0.2) is 46.0 Å². The molecule has 24 heavy (non-hydrogen) atoms. The number of hydrogen-bond acceptors (Lipinski definition) is 5. The largest absolute Gasteiger partial charge is 0.480 e. The van der Waals surface area contributed by atoms with Gasteiger partial charge in [-0.1, -0.05) is 24.3 Å². The Morgan fingerprint density at radius 2 is 1.88 bits per heavy atom. The summed E-state index contributed by atoms with van der Waals surface area (Å²) in [5.41, 5.74) is 0.878. The van der Waals surface area contributed by atoms with E-state index >= 15 is 0 Å². The lowest BCUT2D eigenvalue weighted by atomic mass is 9.82. The molecule has 1 amide bonds. The number of carboxylic acid groups (broad SMARTS) is 1. The maximum absolute atomic E-state index is 11.8. The molecule has 0 unspecified atom stereocenters. The molecule has 4 N–H and O–H groups in total. The van der Waals surface area contributed by atoms with Gasteiger partial charge in [-0.3, -0.25) is 0 Å². The second-order valence-corrected chi connectivity index (χ2v) is 6.58. The average molecular weight is 337 g/mol. The van der Waals surface area contributed by atoms with E-state index in [2.05, 4.69) is 5.32 Å². The first-order valence-corrected chi connectivity index (χ1v) is 7.73. The van der Waals surface area contributed by atoms with Gasteiger partial charge < -0.3 is 25.2 Å². The molecular weight excluding hydrogens is 313 g/mol. The molecule has 0 fully saturated rings. The summed E-state index contributed by atoms with van der Waals surface area (Å²) in [4.78, 5) is 23.1. The van der Waals surface area contributed by atoms with Gasteiger partial charge in [-0.2, -0.15) is 0 Å². The first-order chi connectivity index (χ1) is 11.1. The number of carbonyl (C=O) groups excluding carboxylic acids is 1. The molecule has 1 aromatic carbocycles. The van der Waals surface area contributed by atoms with Crippen molar-refractivity contribution in [3.05, 3.63) is 35.4 Å². The standard InChI is InChI=1S/C16H24BNO6/c1-16(2,3)24-15(21)18-13(14(19)20)10-12-6-4-5-11(9-12)7-8-17(22)23/h4-6,9,13,22-23H,7-8,10H2,1-3H3,(H,18,21)(H,19,20)/t13-/m0/s1. The minimum absolute atomic E-state index is 0.101. The molecular formula is C16H24BNO6. The number of aliphatic carboxylic acids is 1. The molecule has 0 heterocycles. The molecule has 1 aromatic rings. The molecule has 0 aliphatic rings. The third-order valence-electron chi connectivity index (χ3n) is 3.11. The zero-order valence-electron chi connectivity index (χ0n) is 14.2. The predicted octanol–water partition coefficient (Wildman–Crippen LogP) is 1.22. The van der Waals surface area contributed by atoms with Crippen molar-refractivity contribution in [2.45, 2.75) is 51.6 Å². The van der Waals surface area contributed by atoms with Crippen LogP contribution < -0.4 is 5.32 Å². The highest BCUT2D eigenvalue weighted by Gasteiger charge is 2.24. The summed E-state index contributed by atoms with van der Waals surface area (Å²) in [7, 11) is -1.38. The molecule has 0 aromatic heterocycles. The number of alkyl carbamates (subject to hydrolysis) is 1. The number of amides is 1. The molecule has 0 spiro atoms. The molecule has 8 heteroatoms. The molecule has 1 atom stereocenters.